The molecule has 24 heavy (non-hydrogen) atoms. The normalized spacial score (nSPS) is 18.1. The molecule has 1 amide bonds. The number of carbonyl (C=O) groups excluding carboxylic acids is 1. The molecule has 1 aliphatic heterocycles. The van der Waals surface area contributed by atoms with E-state index < -0.39 is 0 Å². The lowest BCUT2D eigenvalue weighted by Gasteiger charge is -2.25. The molecule has 3 nitrogen and oxygen atoms in total. The third kappa shape index (κ3) is 2.83. The lowest BCUT2D eigenvalue weighted by molar-refractivity contribution is -0.124. The van der Waals surface area contributed by atoms with Crippen molar-refractivity contribution in [1.29, 1.82) is 0 Å². The summed E-state index contributed by atoms with van der Waals surface area (Å²) in [4.78, 5) is 14.0. The number of benzene rings is 2. The van der Waals surface area contributed by atoms with E-state index in [2.05, 4.69) is 34.9 Å². The molecular formula is C20H20N2OS. The highest BCUT2D eigenvalue weighted by atomic mass is 32.1. The molecule has 0 radical (unpaired) electrons. The zero-order valence-corrected chi connectivity index (χ0v) is 14.4. The van der Waals surface area contributed by atoms with Crippen LogP contribution in [0, 0.1) is 0 Å². The fourth-order valence-corrected chi connectivity index (χ4v) is 4.52. The minimum Gasteiger partial charge on any atom is -0.348 e. The Morgan fingerprint density at radius 3 is 2.75 bits per heavy atom. The summed E-state index contributed by atoms with van der Waals surface area (Å²) in [6, 6.07) is 18.4. The molecule has 2 atom stereocenters. The van der Waals surface area contributed by atoms with E-state index in [-0.39, 0.29) is 18.0 Å². The Kier molecular flexibility index (Phi) is 4.08. The van der Waals surface area contributed by atoms with Crippen molar-refractivity contribution in [2.75, 3.05) is 0 Å². The summed E-state index contributed by atoms with van der Waals surface area (Å²) in [6.07, 6.45) is 0.757. The van der Waals surface area contributed by atoms with Crippen LogP contribution in [0.1, 0.15) is 29.0 Å². The first kappa shape index (κ1) is 15.4. The van der Waals surface area contributed by atoms with E-state index in [9.17, 15) is 4.79 Å². The van der Waals surface area contributed by atoms with Crippen molar-refractivity contribution in [1.82, 2.24) is 10.6 Å². The zero-order chi connectivity index (χ0) is 16.5. The first-order chi connectivity index (χ1) is 11.7. The maximum atomic E-state index is 12.7. The molecule has 2 N–H and O–H groups in total. The molecule has 1 aliphatic rings. The molecule has 4 heteroatoms. The zero-order valence-electron chi connectivity index (χ0n) is 13.6. The number of fused-ring (bicyclic) bond motifs is 3. The molecule has 1 aromatic heterocycles. The van der Waals surface area contributed by atoms with Crippen LogP contribution in [0.15, 0.2) is 54.6 Å². The second kappa shape index (κ2) is 6.38. The van der Waals surface area contributed by atoms with Gasteiger partial charge in [0.1, 0.15) is 0 Å². The van der Waals surface area contributed by atoms with Crippen LogP contribution in [-0.4, -0.2) is 11.9 Å². The monoisotopic (exact) mass is 336 g/mol. The Bertz CT molecular complexity index is 872. The molecule has 122 valence electrons. The number of nitrogens with one attached hydrogen (secondary N) is 2. The largest absolute Gasteiger partial charge is 0.348 e. The molecule has 3 aromatic rings. The van der Waals surface area contributed by atoms with E-state index in [1.54, 1.807) is 0 Å². The van der Waals surface area contributed by atoms with E-state index >= 15 is 0 Å². The van der Waals surface area contributed by atoms with E-state index in [1.165, 1.54) is 20.5 Å². The summed E-state index contributed by atoms with van der Waals surface area (Å²) in [6.45, 7) is 2.80. The Morgan fingerprint density at radius 2 is 1.92 bits per heavy atom. The van der Waals surface area contributed by atoms with Crippen molar-refractivity contribution in [2.45, 2.75) is 32.0 Å². The van der Waals surface area contributed by atoms with Gasteiger partial charge < -0.3 is 10.6 Å². The highest BCUT2D eigenvalue weighted by molar-refractivity contribution is 7.19. The van der Waals surface area contributed by atoms with Gasteiger partial charge in [0.2, 0.25) is 5.91 Å². The molecule has 0 aliphatic carbocycles. The topological polar surface area (TPSA) is 41.1 Å². The van der Waals surface area contributed by atoms with Gasteiger partial charge in [0.05, 0.1) is 12.1 Å². The predicted octanol–water partition coefficient (Wildman–Crippen LogP) is 3.79. The van der Waals surface area contributed by atoms with Crippen LogP contribution in [0.25, 0.3) is 10.1 Å². The van der Waals surface area contributed by atoms with Gasteiger partial charge in [0.15, 0.2) is 0 Å². The van der Waals surface area contributed by atoms with Crippen molar-refractivity contribution >= 4 is 27.3 Å². The lowest BCUT2D eigenvalue weighted by atomic mass is 9.98. The first-order valence-corrected chi connectivity index (χ1v) is 9.12. The fraction of sp³-hybridized carbons (Fsp3) is 0.250. The van der Waals surface area contributed by atoms with Gasteiger partial charge in [-0.1, -0.05) is 48.5 Å². The van der Waals surface area contributed by atoms with Crippen molar-refractivity contribution in [3.05, 3.63) is 70.6 Å². The maximum absolute atomic E-state index is 12.7. The summed E-state index contributed by atoms with van der Waals surface area (Å²) in [5.41, 5.74) is 2.46. The number of carbonyl (C=O) groups is 1. The molecule has 0 saturated heterocycles. The van der Waals surface area contributed by atoms with Crippen LogP contribution >= 0.6 is 11.3 Å². The van der Waals surface area contributed by atoms with Crippen LogP contribution in [0.5, 0.6) is 0 Å². The summed E-state index contributed by atoms with van der Waals surface area (Å²) in [5, 5.41) is 7.83. The number of amides is 1. The molecule has 0 bridgehead atoms. The second-order valence-corrected chi connectivity index (χ2v) is 7.42. The number of hydrogen-bond acceptors (Lipinski definition) is 3. The van der Waals surface area contributed by atoms with E-state index in [0.29, 0.717) is 0 Å². The smallest absolute Gasteiger partial charge is 0.237 e. The molecule has 0 spiro atoms. The van der Waals surface area contributed by atoms with Gasteiger partial charge in [-0.25, -0.2) is 0 Å². The van der Waals surface area contributed by atoms with Gasteiger partial charge in [0, 0.05) is 16.1 Å². The quantitative estimate of drug-likeness (QED) is 0.764. The second-order valence-electron chi connectivity index (χ2n) is 6.28. The maximum Gasteiger partial charge on any atom is 0.237 e. The van der Waals surface area contributed by atoms with Gasteiger partial charge in [-0.2, -0.15) is 0 Å². The van der Waals surface area contributed by atoms with Crippen LogP contribution in [0.4, 0.5) is 0 Å². The molecule has 2 heterocycles. The average Bonchev–Trinajstić information content (AvgIpc) is 3.00. The van der Waals surface area contributed by atoms with Crippen molar-refractivity contribution in [3.63, 3.8) is 0 Å². The predicted molar refractivity (Wildman–Crippen MR) is 99.2 cm³/mol. The molecule has 4 rings (SSSR count). The minimum absolute atomic E-state index is 0.0149. The highest BCUT2D eigenvalue weighted by Gasteiger charge is 2.27. The Balaban J connectivity index is 1.51. The lowest BCUT2D eigenvalue weighted by Crippen LogP contribution is -2.47. The first-order valence-electron chi connectivity index (χ1n) is 8.30. The standard InChI is InChI=1S/C20H20N2OS/c1-13(14-7-3-2-4-8-14)22-20(23)17-11-16-15-9-5-6-10-18(15)24-19(16)12-21-17/h2-10,13,17,21H,11-12H2,1H3,(H,22,23)/t13-,17+/m0/s1. The Hall–Kier alpha value is -2.17. The van der Waals surface area contributed by atoms with Crippen LogP contribution in [0.3, 0.4) is 0 Å². The minimum atomic E-state index is -0.165. The SMILES string of the molecule is C[C@H](NC(=O)[C@H]1Cc2c(sc3ccccc23)CN1)c1ccccc1. The van der Waals surface area contributed by atoms with E-state index in [4.69, 9.17) is 0 Å². The van der Waals surface area contributed by atoms with Crippen molar-refractivity contribution < 1.29 is 4.79 Å². The molecule has 0 fully saturated rings. The third-order valence-electron chi connectivity index (χ3n) is 4.67. The van der Waals surface area contributed by atoms with Crippen LogP contribution in [0.2, 0.25) is 0 Å². The van der Waals surface area contributed by atoms with Gasteiger partial charge in [-0.05, 0) is 35.9 Å². The summed E-state index contributed by atoms with van der Waals surface area (Å²) in [5.74, 6) is 0.0762. The highest BCUT2D eigenvalue weighted by Crippen LogP contribution is 2.34. The fourth-order valence-electron chi connectivity index (χ4n) is 3.33. The number of rotatable bonds is 3. The van der Waals surface area contributed by atoms with Crippen molar-refractivity contribution in [2.24, 2.45) is 0 Å². The van der Waals surface area contributed by atoms with Gasteiger partial charge in [0.25, 0.3) is 0 Å². The van der Waals surface area contributed by atoms with Gasteiger partial charge >= 0.3 is 0 Å². The van der Waals surface area contributed by atoms with Crippen molar-refractivity contribution in [3.8, 4) is 0 Å². The van der Waals surface area contributed by atoms with Crippen LogP contribution in [-0.2, 0) is 17.8 Å². The Labute approximate surface area is 145 Å². The molecule has 0 unspecified atom stereocenters. The van der Waals surface area contributed by atoms with E-state index in [0.717, 1.165) is 18.5 Å². The number of thiophene rings is 1. The molecular weight excluding hydrogens is 316 g/mol. The number of hydrogen-bond donors (Lipinski definition) is 2. The average molecular weight is 336 g/mol. The van der Waals surface area contributed by atoms with E-state index in [1.807, 2.05) is 48.6 Å². The summed E-state index contributed by atoms with van der Waals surface area (Å²) < 4.78 is 1.31. The Morgan fingerprint density at radius 1 is 1.17 bits per heavy atom. The molecule has 0 saturated carbocycles. The van der Waals surface area contributed by atoms with Crippen LogP contribution < -0.4 is 10.6 Å². The van der Waals surface area contributed by atoms with Gasteiger partial charge in [-0.15, -0.1) is 11.3 Å². The molecule has 2 aromatic carbocycles. The third-order valence-corrected chi connectivity index (χ3v) is 5.89. The summed E-state index contributed by atoms with van der Waals surface area (Å²) in [7, 11) is 0. The van der Waals surface area contributed by atoms with Gasteiger partial charge in [-0.3, -0.25) is 4.79 Å². The summed E-state index contributed by atoms with van der Waals surface area (Å²) >= 11 is 1.83.